The summed E-state index contributed by atoms with van der Waals surface area (Å²) in [4.78, 5) is 43.6. The minimum Gasteiger partial charge on any atom is -0.336 e. The van der Waals surface area contributed by atoms with Crippen LogP contribution in [0.25, 0.3) is 0 Å². The Labute approximate surface area is 202 Å². The number of rotatable bonds is 4. The fraction of sp³-hybridized carbons (Fsp3) is 0.464. The van der Waals surface area contributed by atoms with Crippen molar-refractivity contribution in [3.8, 4) is 0 Å². The van der Waals surface area contributed by atoms with E-state index in [4.69, 9.17) is 0 Å². The van der Waals surface area contributed by atoms with Crippen LogP contribution >= 0.6 is 0 Å². The second-order valence-corrected chi connectivity index (χ2v) is 9.81. The molecule has 180 valence electrons. The van der Waals surface area contributed by atoms with E-state index in [1.807, 2.05) is 28.9 Å². The third-order valence-corrected chi connectivity index (χ3v) is 7.13. The quantitative estimate of drug-likeness (QED) is 0.674. The number of anilines is 1. The summed E-state index contributed by atoms with van der Waals surface area (Å²) in [5.41, 5.74) is 2.97. The van der Waals surface area contributed by atoms with Gasteiger partial charge in [0.05, 0.1) is 0 Å². The number of nitrogens with zero attached hydrogens (tertiary/aromatic N) is 2. The maximum Gasteiger partial charge on any atom is 0.255 e. The number of aryl methyl sites for hydroxylation is 1. The van der Waals surface area contributed by atoms with Crippen LogP contribution in [-0.2, 0) is 0 Å². The molecule has 2 saturated heterocycles. The molecule has 1 N–H and O–H groups in total. The number of benzene rings is 2. The van der Waals surface area contributed by atoms with Crippen molar-refractivity contribution in [2.24, 2.45) is 0 Å². The Morgan fingerprint density at radius 1 is 0.735 bits per heavy atom. The molecule has 0 saturated carbocycles. The standard InChI is InChI=1S/C28H35N3O3/c1-19-10-12-22(13-11-19)26(32)29-25-17-23(27(33)30-14-6-4-8-20(30)2)16-24(18-25)28(34)31-15-7-5-9-21(31)3/h10-13,16-18,20-21H,4-9,14-15H2,1-3H3,(H,29,32)/t20-,21-/m1/s1. The number of nitrogens with one attached hydrogen (secondary N) is 1. The van der Waals surface area contributed by atoms with Crippen LogP contribution in [0.1, 0.15) is 89.0 Å². The minimum absolute atomic E-state index is 0.0839. The van der Waals surface area contributed by atoms with Crippen LogP contribution in [-0.4, -0.2) is 52.7 Å². The van der Waals surface area contributed by atoms with E-state index in [9.17, 15) is 14.4 Å². The lowest BCUT2D eigenvalue weighted by Crippen LogP contribution is -2.43. The highest BCUT2D eigenvalue weighted by Gasteiger charge is 2.28. The lowest BCUT2D eigenvalue weighted by molar-refractivity contribution is 0.0633. The lowest BCUT2D eigenvalue weighted by Gasteiger charge is -2.34. The topological polar surface area (TPSA) is 69.7 Å². The van der Waals surface area contributed by atoms with Gasteiger partial charge in [-0.15, -0.1) is 0 Å². The summed E-state index contributed by atoms with van der Waals surface area (Å²) in [6.45, 7) is 7.54. The normalized spacial score (nSPS) is 20.7. The Morgan fingerprint density at radius 2 is 1.24 bits per heavy atom. The van der Waals surface area contributed by atoms with Crippen LogP contribution < -0.4 is 5.32 Å². The van der Waals surface area contributed by atoms with Crippen LogP contribution in [0.5, 0.6) is 0 Å². The van der Waals surface area contributed by atoms with Gasteiger partial charge in [-0.1, -0.05) is 17.7 Å². The zero-order chi connectivity index (χ0) is 24.2. The first-order valence-electron chi connectivity index (χ1n) is 12.5. The fourth-order valence-electron chi connectivity index (χ4n) is 4.99. The summed E-state index contributed by atoms with van der Waals surface area (Å²) in [5.74, 6) is -0.431. The molecule has 0 aromatic heterocycles. The zero-order valence-corrected chi connectivity index (χ0v) is 20.5. The SMILES string of the molecule is Cc1ccc(C(=O)Nc2cc(C(=O)N3CCCC[C@H]3C)cc(C(=O)N3CCCC[C@H]3C)c2)cc1. The van der Waals surface area contributed by atoms with E-state index in [1.165, 1.54) is 0 Å². The van der Waals surface area contributed by atoms with Crippen LogP contribution in [0.3, 0.4) is 0 Å². The number of carbonyl (C=O) groups excluding carboxylic acids is 3. The number of carbonyl (C=O) groups is 3. The van der Waals surface area contributed by atoms with Gasteiger partial charge in [-0.05, 0) is 89.6 Å². The van der Waals surface area contributed by atoms with Crippen molar-refractivity contribution in [3.63, 3.8) is 0 Å². The molecule has 0 spiro atoms. The number of piperidine rings is 2. The molecule has 2 aliphatic heterocycles. The number of amides is 3. The average Bonchev–Trinajstić information content (AvgIpc) is 2.84. The molecule has 4 rings (SSSR count). The van der Waals surface area contributed by atoms with Gasteiger partial charge >= 0.3 is 0 Å². The fourth-order valence-corrected chi connectivity index (χ4v) is 4.99. The highest BCUT2D eigenvalue weighted by Crippen LogP contribution is 2.25. The third kappa shape index (κ3) is 5.32. The molecule has 6 nitrogen and oxygen atoms in total. The van der Waals surface area contributed by atoms with E-state index < -0.39 is 0 Å². The predicted octanol–water partition coefficient (Wildman–Crippen LogP) is 5.28. The second kappa shape index (κ2) is 10.4. The smallest absolute Gasteiger partial charge is 0.255 e. The van der Waals surface area contributed by atoms with Gasteiger partial charge in [0.1, 0.15) is 0 Å². The third-order valence-electron chi connectivity index (χ3n) is 7.13. The van der Waals surface area contributed by atoms with Crippen molar-refractivity contribution in [3.05, 3.63) is 64.7 Å². The van der Waals surface area contributed by atoms with Gasteiger partial charge < -0.3 is 15.1 Å². The molecule has 0 bridgehead atoms. The molecular weight excluding hydrogens is 426 g/mol. The Morgan fingerprint density at radius 3 is 1.71 bits per heavy atom. The summed E-state index contributed by atoms with van der Waals surface area (Å²) in [6.07, 6.45) is 6.16. The lowest BCUT2D eigenvalue weighted by atomic mass is 9.99. The molecule has 2 atom stereocenters. The second-order valence-electron chi connectivity index (χ2n) is 9.81. The molecule has 0 aliphatic carbocycles. The van der Waals surface area contributed by atoms with E-state index in [-0.39, 0.29) is 29.8 Å². The molecule has 2 fully saturated rings. The van der Waals surface area contributed by atoms with E-state index in [0.29, 0.717) is 35.5 Å². The molecule has 6 heteroatoms. The van der Waals surface area contributed by atoms with Gasteiger partial charge in [0.25, 0.3) is 17.7 Å². The Bertz CT molecular complexity index is 1010. The van der Waals surface area contributed by atoms with Crippen LogP contribution in [0.15, 0.2) is 42.5 Å². The van der Waals surface area contributed by atoms with Gasteiger partial charge in [-0.3, -0.25) is 14.4 Å². The maximum absolute atomic E-state index is 13.5. The van der Waals surface area contributed by atoms with Crippen LogP contribution in [0.4, 0.5) is 5.69 Å². The Kier molecular flexibility index (Phi) is 7.35. The van der Waals surface area contributed by atoms with E-state index in [0.717, 1.165) is 44.1 Å². The molecule has 2 heterocycles. The summed E-state index contributed by atoms with van der Waals surface area (Å²) in [6, 6.07) is 12.8. The highest BCUT2D eigenvalue weighted by molar-refractivity contribution is 6.07. The summed E-state index contributed by atoms with van der Waals surface area (Å²) in [5, 5.41) is 2.92. The van der Waals surface area contributed by atoms with Gasteiger partial charge in [-0.2, -0.15) is 0 Å². The van der Waals surface area contributed by atoms with Gasteiger partial charge in [0.2, 0.25) is 0 Å². The van der Waals surface area contributed by atoms with Crippen LogP contribution in [0, 0.1) is 6.92 Å². The van der Waals surface area contributed by atoms with Gasteiger partial charge in [0.15, 0.2) is 0 Å². The average molecular weight is 462 g/mol. The molecule has 2 aliphatic rings. The largest absolute Gasteiger partial charge is 0.336 e. The molecule has 3 amide bonds. The van der Waals surface area contributed by atoms with Crippen molar-refractivity contribution in [2.75, 3.05) is 18.4 Å². The molecule has 34 heavy (non-hydrogen) atoms. The monoisotopic (exact) mass is 461 g/mol. The molecule has 0 unspecified atom stereocenters. The van der Waals surface area contributed by atoms with Gasteiger partial charge in [-0.25, -0.2) is 0 Å². The first kappa shape index (κ1) is 24.0. The summed E-state index contributed by atoms with van der Waals surface area (Å²) >= 11 is 0. The maximum atomic E-state index is 13.5. The number of likely N-dealkylation sites (tertiary alicyclic amines) is 2. The number of hydrogen-bond acceptors (Lipinski definition) is 3. The predicted molar refractivity (Wildman–Crippen MR) is 134 cm³/mol. The van der Waals surface area contributed by atoms with Crippen LogP contribution in [0.2, 0.25) is 0 Å². The van der Waals surface area contributed by atoms with E-state index in [1.54, 1.807) is 30.3 Å². The van der Waals surface area contributed by atoms with E-state index in [2.05, 4.69) is 19.2 Å². The van der Waals surface area contributed by atoms with Crippen molar-refractivity contribution in [1.29, 1.82) is 0 Å². The van der Waals surface area contributed by atoms with Crippen molar-refractivity contribution >= 4 is 23.4 Å². The molecular formula is C28H35N3O3. The Balaban J connectivity index is 1.66. The Hall–Kier alpha value is -3.15. The summed E-state index contributed by atoms with van der Waals surface area (Å²) in [7, 11) is 0. The first-order chi connectivity index (χ1) is 16.3. The molecule has 2 aromatic rings. The summed E-state index contributed by atoms with van der Waals surface area (Å²) < 4.78 is 0. The van der Waals surface area contributed by atoms with Crippen molar-refractivity contribution < 1.29 is 14.4 Å². The van der Waals surface area contributed by atoms with E-state index >= 15 is 0 Å². The number of hydrogen-bond donors (Lipinski definition) is 1. The zero-order valence-electron chi connectivity index (χ0n) is 20.5. The van der Waals surface area contributed by atoms with Crippen molar-refractivity contribution in [2.45, 2.75) is 71.4 Å². The highest BCUT2D eigenvalue weighted by atomic mass is 16.2. The van der Waals surface area contributed by atoms with Crippen molar-refractivity contribution in [1.82, 2.24) is 9.80 Å². The first-order valence-corrected chi connectivity index (χ1v) is 12.5. The minimum atomic E-state index is -0.263. The van der Waals surface area contributed by atoms with Gasteiger partial charge in [0, 0.05) is 47.6 Å². The molecule has 0 radical (unpaired) electrons. The molecule has 2 aromatic carbocycles.